The zero-order valence-corrected chi connectivity index (χ0v) is 7.91. The smallest absolute Gasteiger partial charge is 0.0753 e. The Bertz CT molecular complexity index is 177. The second-order valence-electron chi connectivity index (χ2n) is 3.40. The number of ether oxygens (including phenoxy) is 1. The Morgan fingerprint density at radius 1 is 1.15 bits per heavy atom. The third-order valence-electron chi connectivity index (χ3n) is 2.44. The molecule has 0 aromatic rings. The van der Waals surface area contributed by atoms with Gasteiger partial charge in [0.05, 0.1) is 5.60 Å². The van der Waals surface area contributed by atoms with Gasteiger partial charge in [0, 0.05) is 6.61 Å². The second kappa shape index (κ2) is 4.92. The van der Waals surface area contributed by atoms with Crippen molar-refractivity contribution in [2.24, 2.45) is 11.5 Å². The minimum absolute atomic E-state index is 0.0360. The van der Waals surface area contributed by atoms with Crippen LogP contribution in [-0.2, 0) is 4.74 Å². The van der Waals surface area contributed by atoms with Crippen LogP contribution in [0.3, 0.4) is 0 Å². The first-order chi connectivity index (χ1) is 6.33. The number of rotatable bonds is 4. The quantitative estimate of drug-likeness (QED) is 0.688. The van der Waals surface area contributed by atoms with E-state index in [1.54, 1.807) is 12.4 Å². The molecular formula is C10H18N2O. The average molecular weight is 182 g/mol. The standard InChI is InChI=1S/C10H18N2O/c11-7-1-4-10(5-2-8-12)6-3-9-13-10/h1-2,7-8H,3-6,9,11-12H2. The lowest BCUT2D eigenvalue weighted by atomic mass is 9.92. The second-order valence-corrected chi connectivity index (χ2v) is 3.40. The van der Waals surface area contributed by atoms with E-state index < -0.39 is 0 Å². The van der Waals surface area contributed by atoms with Crippen molar-refractivity contribution in [2.75, 3.05) is 6.61 Å². The van der Waals surface area contributed by atoms with E-state index in [9.17, 15) is 0 Å². The Kier molecular flexibility index (Phi) is 3.83. The third kappa shape index (κ3) is 2.77. The largest absolute Gasteiger partial charge is 0.405 e. The average Bonchev–Trinajstić information content (AvgIpc) is 2.61. The summed E-state index contributed by atoms with van der Waals surface area (Å²) in [6.07, 6.45) is 11.1. The van der Waals surface area contributed by atoms with Crippen molar-refractivity contribution in [3.8, 4) is 0 Å². The van der Waals surface area contributed by atoms with Gasteiger partial charge in [-0.15, -0.1) is 0 Å². The molecular weight excluding hydrogens is 164 g/mol. The van der Waals surface area contributed by atoms with Gasteiger partial charge in [-0.3, -0.25) is 0 Å². The Labute approximate surface area is 79.4 Å². The summed E-state index contributed by atoms with van der Waals surface area (Å²) in [4.78, 5) is 0. The minimum atomic E-state index is -0.0360. The molecule has 3 nitrogen and oxygen atoms in total. The van der Waals surface area contributed by atoms with Gasteiger partial charge in [0.15, 0.2) is 0 Å². The van der Waals surface area contributed by atoms with Crippen molar-refractivity contribution in [1.82, 2.24) is 0 Å². The fraction of sp³-hybridized carbons (Fsp3) is 0.600. The van der Waals surface area contributed by atoms with Crippen LogP contribution in [0, 0.1) is 0 Å². The normalized spacial score (nSPS) is 29.2. The maximum Gasteiger partial charge on any atom is 0.0753 e. The third-order valence-corrected chi connectivity index (χ3v) is 2.44. The topological polar surface area (TPSA) is 61.3 Å². The van der Waals surface area contributed by atoms with E-state index in [1.165, 1.54) is 0 Å². The maximum atomic E-state index is 5.73. The van der Waals surface area contributed by atoms with Gasteiger partial charge in [0.1, 0.15) is 0 Å². The van der Waals surface area contributed by atoms with E-state index in [4.69, 9.17) is 16.2 Å². The van der Waals surface area contributed by atoms with Crippen molar-refractivity contribution in [1.29, 1.82) is 0 Å². The van der Waals surface area contributed by atoms with Crippen LogP contribution in [0.25, 0.3) is 0 Å². The molecule has 0 aliphatic carbocycles. The molecule has 0 aromatic heterocycles. The Balaban J connectivity index is 2.52. The summed E-state index contributed by atoms with van der Waals surface area (Å²) in [6, 6.07) is 0. The van der Waals surface area contributed by atoms with Gasteiger partial charge >= 0.3 is 0 Å². The van der Waals surface area contributed by atoms with Crippen molar-refractivity contribution in [3.05, 3.63) is 24.6 Å². The molecule has 74 valence electrons. The van der Waals surface area contributed by atoms with Crippen LogP contribution in [0.5, 0.6) is 0 Å². The predicted octanol–water partition coefficient (Wildman–Crippen LogP) is 1.26. The summed E-state index contributed by atoms with van der Waals surface area (Å²) in [5.41, 5.74) is 10.6. The van der Waals surface area contributed by atoms with E-state index in [-0.39, 0.29) is 5.60 Å². The molecule has 0 spiro atoms. The van der Waals surface area contributed by atoms with Gasteiger partial charge in [-0.1, -0.05) is 12.2 Å². The molecule has 0 radical (unpaired) electrons. The Morgan fingerprint density at radius 2 is 1.77 bits per heavy atom. The molecule has 0 amide bonds. The highest BCUT2D eigenvalue weighted by atomic mass is 16.5. The molecule has 1 heterocycles. The minimum Gasteiger partial charge on any atom is -0.405 e. The van der Waals surface area contributed by atoms with Gasteiger partial charge in [-0.2, -0.15) is 0 Å². The van der Waals surface area contributed by atoms with Crippen LogP contribution < -0.4 is 11.5 Å². The molecule has 1 fully saturated rings. The summed E-state index contributed by atoms with van der Waals surface area (Å²) in [6.45, 7) is 0.858. The van der Waals surface area contributed by atoms with Crippen LogP contribution in [0.15, 0.2) is 24.6 Å². The predicted molar refractivity (Wildman–Crippen MR) is 53.8 cm³/mol. The first-order valence-corrected chi connectivity index (χ1v) is 4.70. The Morgan fingerprint density at radius 3 is 2.15 bits per heavy atom. The van der Waals surface area contributed by atoms with Gasteiger partial charge in [-0.05, 0) is 38.1 Å². The van der Waals surface area contributed by atoms with E-state index in [0.29, 0.717) is 0 Å². The molecule has 3 heteroatoms. The van der Waals surface area contributed by atoms with Gasteiger partial charge in [0.25, 0.3) is 0 Å². The van der Waals surface area contributed by atoms with Crippen LogP contribution in [0.1, 0.15) is 25.7 Å². The lowest BCUT2D eigenvalue weighted by Crippen LogP contribution is -2.26. The van der Waals surface area contributed by atoms with E-state index in [2.05, 4.69) is 0 Å². The summed E-state index contributed by atoms with van der Waals surface area (Å²) in [5, 5.41) is 0. The van der Waals surface area contributed by atoms with Crippen molar-refractivity contribution < 1.29 is 4.74 Å². The molecule has 13 heavy (non-hydrogen) atoms. The molecule has 0 aromatic carbocycles. The zero-order chi connectivity index (χ0) is 9.57. The van der Waals surface area contributed by atoms with Crippen molar-refractivity contribution >= 4 is 0 Å². The highest BCUT2D eigenvalue weighted by Crippen LogP contribution is 2.33. The fourth-order valence-electron chi connectivity index (χ4n) is 1.73. The summed E-state index contributed by atoms with van der Waals surface area (Å²) in [7, 11) is 0. The maximum absolute atomic E-state index is 5.73. The SMILES string of the molecule is NC=CCC1(CC=CN)CCCO1. The summed E-state index contributed by atoms with van der Waals surface area (Å²) < 4.78 is 5.73. The highest BCUT2D eigenvalue weighted by molar-refractivity contribution is 4.98. The van der Waals surface area contributed by atoms with Gasteiger partial charge < -0.3 is 16.2 Å². The number of nitrogens with two attached hydrogens (primary N) is 2. The molecule has 4 N–H and O–H groups in total. The summed E-state index contributed by atoms with van der Waals surface area (Å²) in [5.74, 6) is 0. The summed E-state index contributed by atoms with van der Waals surface area (Å²) >= 11 is 0. The fourth-order valence-corrected chi connectivity index (χ4v) is 1.73. The van der Waals surface area contributed by atoms with Crippen LogP contribution in [0.4, 0.5) is 0 Å². The monoisotopic (exact) mass is 182 g/mol. The van der Waals surface area contributed by atoms with Crippen LogP contribution in [-0.4, -0.2) is 12.2 Å². The van der Waals surface area contributed by atoms with Crippen molar-refractivity contribution in [2.45, 2.75) is 31.3 Å². The van der Waals surface area contributed by atoms with Gasteiger partial charge in [-0.25, -0.2) is 0 Å². The lowest BCUT2D eigenvalue weighted by Gasteiger charge is -2.25. The number of hydrogen-bond acceptors (Lipinski definition) is 3. The van der Waals surface area contributed by atoms with Gasteiger partial charge in [0.2, 0.25) is 0 Å². The molecule has 0 unspecified atom stereocenters. The molecule has 0 saturated carbocycles. The Hall–Kier alpha value is -0.960. The molecule has 1 saturated heterocycles. The lowest BCUT2D eigenvalue weighted by molar-refractivity contribution is 0.00918. The van der Waals surface area contributed by atoms with Crippen LogP contribution >= 0.6 is 0 Å². The molecule has 1 rings (SSSR count). The first kappa shape index (κ1) is 10.1. The van der Waals surface area contributed by atoms with E-state index >= 15 is 0 Å². The molecule has 0 bridgehead atoms. The molecule has 1 aliphatic rings. The number of hydrogen-bond donors (Lipinski definition) is 2. The molecule has 0 atom stereocenters. The van der Waals surface area contributed by atoms with E-state index in [1.807, 2.05) is 12.2 Å². The first-order valence-electron chi connectivity index (χ1n) is 4.70. The zero-order valence-electron chi connectivity index (χ0n) is 7.91. The van der Waals surface area contributed by atoms with Crippen LogP contribution in [0.2, 0.25) is 0 Å². The highest BCUT2D eigenvalue weighted by Gasteiger charge is 2.32. The molecule has 1 aliphatic heterocycles. The van der Waals surface area contributed by atoms with Crippen molar-refractivity contribution in [3.63, 3.8) is 0 Å². The van der Waals surface area contributed by atoms with E-state index in [0.717, 1.165) is 32.3 Å².